The van der Waals surface area contributed by atoms with E-state index in [2.05, 4.69) is 20.3 Å². The van der Waals surface area contributed by atoms with Crippen LogP contribution >= 0.6 is 0 Å². The van der Waals surface area contributed by atoms with E-state index in [0.29, 0.717) is 23.7 Å². The van der Waals surface area contributed by atoms with Crippen LogP contribution < -0.4 is 10.9 Å². The molecule has 0 aliphatic heterocycles. The van der Waals surface area contributed by atoms with Crippen LogP contribution in [0.3, 0.4) is 0 Å². The number of fused-ring (bicyclic) bond motifs is 2. The Morgan fingerprint density at radius 3 is 2.71 bits per heavy atom. The van der Waals surface area contributed by atoms with E-state index < -0.39 is 0 Å². The maximum atomic E-state index is 12.9. The number of hydrogen-bond acceptors (Lipinski definition) is 6. The Hall–Kier alpha value is -4.33. The van der Waals surface area contributed by atoms with E-state index in [9.17, 15) is 4.79 Å². The maximum absolute atomic E-state index is 12.9. The van der Waals surface area contributed by atoms with Gasteiger partial charge in [-0.1, -0.05) is 36.4 Å². The molecule has 0 aliphatic carbocycles. The quantitative estimate of drug-likeness (QED) is 0.418. The second-order valence-corrected chi connectivity index (χ2v) is 7.09. The fraction of sp³-hybridized carbons (Fsp3) is 0.0870. The zero-order valence-corrected chi connectivity index (χ0v) is 16.6. The number of hydrogen-bond donors (Lipinski definition) is 2. The largest absolute Gasteiger partial charge is 0.325 e. The lowest BCUT2D eigenvalue weighted by Crippen LogP contribution is -2.20. The summed E-state index contributed by atoms with van der Waals surface area (Å²) in [5.74, 6) is 0.401. The van der Waals surface area contributed by atoms with E-state index in [1.807, 2.05) is 65.2 Å². The highest BCUT2D eigenvalue weighted by atomic mass is 16.1. The molecule has 0 saturated carbocycles. The van der Waals surface area contributed by atoms with E-state index in [0.717, 1.165) is 22.2 Å². The highest BCUT2D eigenvalue weighted by Crippen LogP contribution is 2.25. The predicted molar refractivity (Wildman–Crippen MR) is 121 cm³/mol. The third-order valence-corrected chi connectivity index (χ3v) is 5.10. The van der Waals surface area contributed by atoms with Crippen molar-refractivity contribution in [3.05, 3.63) is 89.1 Å². The van der Waals surface area contributed by atoms with Crippen molar-refractivity contribution in [2.24, 2.45) is 0 Å². The molecule has 0 fully saturated rings. The fourth-order valence-electron chi connectivity index (χ4n) is 3.68. The number of nitrogens with zero attached hydrogens (tertiary/aromatic N) is 5. The zero-order chi connectivity index (χ0) is 21.2. The fourth-order valence-corrected chi connectivity index (χ4v) is 3.68. The van der Waals surface area contributed by atoms with Crippen LogP contribution in [0.5, 0.6) is 0 Å². The second-order valence-electron chi connectivity index (χ2n) is 7.09. The summed E-state index contributed by atoms with van der Waals surface area (Å²) in [4.78, 5) is 26.1. The van der Waals surface area contributed by atoms with Gasteiger partial charge >= 0.3 is 5.56 Å². The standard InChI is InChI=1S/C23H19N7O/c24-11-13-29-15-26-21-20(29)22(31)28-23(30(21)14-16-6-2-1-3-7-16)27-19-10-4-9-18-17(19)8-5-12-25-18/h1-12,15,24H,13-14H2,(H,27,28,31). The van der Waals surface area contributed by atoms with Gasteiger partial charge in [0.05, 0.1) is 30.6 Å². The Morgan fingerprint density at radius 2 is 1.87 bits per heavy atom. The monoisotopic (exact) mass is 409 g/mol. The molecule has 0 aliphatic rings. The van der Waals surface area contributed by atoms with Gasteiger partial charge in [-0.2, -0.15) is 4.98 Å². The first-order valence-electron chi connectivity index (χ1n) is 9.84. The Kier molecular flexibility index (Phi) is 4.72. The normalized spacial score (nSPS) is 11.1. The third kappa shape index (κ3) is 3.44. The molecular weight excluding hydrogens is 390 g/mol. The highest BCUT2D eigenvalue weighted by Gasteiger charge is 2.17. The SMILES string of the molecule is N=CCn1cnc2c1c(=O)nc(Nc1cccc3ncccc13)n2Cc1ccccc1. The predicted octanol–water partition coefficient (Wildman–Crippen LogP) is 3.58. The lowest BCUT2D eigenvalue weighted by Gasteiger charge is -2.16. The van der Waals surface area contributed by atoms with Crippen molar-refractivity contribution in [3.63, 3.8) is 0 Å². The van der Waals surface area contributed by atoms with Gasteiger partial charge in [0.25, 0.3) is 0 Å². The molecule has 0 bridgehead atoms. The van der Waals surface area contributed by atoms with Gasteiger partial charge in [-0.3, -0.25) is 14.3 Å². The van der Waals surface area contributed by atoms with Crippen LogP contribution in [0.15, 0.2) is 78.0 Å². The molecule has 152 valence electrons. The summed E-state index contributed by atoms with van der Waals surface area (Å²) in [6, 6.07) is 19.6. The van der Waals surface area contributed by atoms with Crippen molar-refractivity contribution in [2.45, 2.75) is 13.1 Å². The van der Waals surface area contributed by atoms with Crippen LogP contribution in [-0.4, -0.2) is 30.3 Å². The van der Waals surface area contributed by atoms with Crippen LogP contribution in [0.25, 0.3) is 22.1 Å². The Bertz CT molecular complexity index is 1450. The first kappa shape index (κ1) is 18.7. The number of anilines is 2. The van der Waals surface area contributed by atoms with Crippen molar-refractivity contribution >= 4 is 39.9 Å². The van der Waals surface area contributed by atoms with Crippen molar-refractivity contribution in [3.8, 4) is 0 Å². The number of pyridine rings is 1. The van der Waals surface area contributed by atoms with Crippen LogP contribution in [-0.2, 0) is 13.1 Å². The van der Waals surface area contributed by atoms with Gasteiger partial charge in [0.2, 0.25) is 5.95 Å². The summed E-state index contributed by atoms with van der Waals surface area (Å²) in [5, 5.41) is 11.7. The number of rotatable bonds is 6. The van der Waals surface area contributed by atoms with Crippen molar-refractivity contribution < 1.29 is 0 Å². The molecule has 5 rings (SSSR count). The van der Waals surface area contributed by atoms with Gasteiger partial charge in [0, 0.05) is 17.8 Å². The minimum absolute atomic E-state index is 0.264. The third-order valence-electron chi connectivity index (χ3n) is 5.10. The topological polar surface area (TPSA) is 101 Å². The van der Waals surface area contributed by atoms with Gasteiger partial charge in [-0.25, -0.2) is 4.98 Å². The maximum Gasteiger partial charge on any atom is 0.300 e. The number of aromatic nitrogens is 5. The van der Waals surface area contributed by atoms with Gasteiger partial charge in [-0.05, 0) is 29.8 Å². The second kappa shape index (κ2) is 7.83. The van der Waals surface area contributed by atoms with Crippen molar-refractivity contribution in [1.82, 2.24) is 24.1 Å². The van der Waals surface area contributed by atoms with Crippen molar-refractivity contribution in [2.75, 3.05) is 5.32 Å². The number of benzene rings is 2. The molecule has 3 heterocycles. The van der Waals surface area contributed by atoms with Crippen LogP contribution in [0, 0.1) is 5.41 Å². The molecule has 8 nitrogen and oxygen atoms in total. The van der Waals surface area contributed by atoms with Gasteiger partial charge in [0.15, 0.2) is 11.2 Å². The smallest absolute Gasteiger partial charge is 0.300 e. The minimum atomic E-state index is -0.389. The first-order valence-corrected chi connectivity index (χ1v) is 9.84. The molecule has 0 amide bonds. The molecule has 0 saturated heterocycles. The molecular formula is C23H19N7O. The zero-order valence-electron chi connectivity index (χ0n) is 16.6. The summed E-state index contributed by atoms with van der Waals surface area (Å²) >= 11 is 0. The lowest BCUT2D eigenvalue weighted by atomic mass is 10.2. The Labute approximate surface area is 177 Å². The molecule has 2 aromatic carbocycles. The highest BCUT2D eigenvalue weighted by molar-refractivity contribution is 5.92. The summed E-state index contributed by atoms with van der Waals surface area (Å²) in [7, 11) is 0. The van der Waals surface area contributed by atoms with E-state index in [4.69, 9.17) is 5.41 Å². The molecule has 5 aromatic rings. The van der Waals surface area contributed by atoms with Crippen LogP contribution in [0.1, 0.15) is 5.56 Å². The summed E-state index contributed by atoms with van der Waals surface area (Å²) in [6.07, 6.45) is 4.56. The Morgan fingerprint density at radius 1 is 1.00 bits per heavy atom. The van der Waals surface area contributed by atoms with Crippen LogP contribution in [0.4, 0.5) is 11.6 Å². The van der Waals surface area contributed by atoms with Crippen molar-refractivity contribution in [1.29, 1.82) is 5.41 Å². The van der Waals surface area contributed by atoms with Crippen LogP contribution in [0.2, 0.25) is 0 Å². The van der Waals surface area contributed by atoms with E-state index in [1.54, 1.807) is 17.1 Å². The number of imidazole rings is 1. The molecule has 0 unspecified atom stereocenters. The summed E-state index contributed by atoms with van der Waals surface area (Å²) in [6.45, 7) is 0.748. The molecule has 31 heavy (non-hydrogen) atoms. The van der Waals surface area contributed by atoms with E-state index in [1.165, 1.54) is 6.21 Å². The molecule has 0 atom stereocenters. The van der Waals surface area contributed by atoms with E-state index in [-0.39, 0.29) is 12.1 Å². The molecule has 2 N–H and O–H groups in total. The lowest BCUT2D eigenvalue weighted by molar-refractivity contribution is 0.799. The van der Waals surface area contributed by atoms with E-state index >= 15 is 0 Å². The van der Waals surface area contributed by atoms with Gasteiger partial charge in [-0.15, -0.1) is 0 Å². The number of nitrogens with one attached hydrogen (secondary N) is 2. The van der Waals surface area contributed by atoms with Gasteiger partial charge in [0.1, 0.15) is 0 Å². The molecule has 0 spiro atoms. The molecule has 0 radical (unpaired) electrons. The Balaban J connectivity index is 1.70. The van der Waals surface area contributed by atoms with Gasteiger partial charge < -0.3 is 15.3 Å². The molecule has 8 heteroatoms. The summed E-state index contributed by atoms with van der Waals surface area (Å²) < 4.78 is 3.53. The average molecular weight is 409 g/mol. The minimum Gasteiger partial charge on any atom is -0.325 e. The average Bonchev–Trinajstić information content (AvgIpc) is 3.22. The molecule has 3 aromatic heterocycles. The first-order chi connectivity index (χ1) is 15.2. The summed E-state index contributed by atoms with van der Waals surface area (Å²) in [5.41, 5.74) is 3.22.